The van der Waals surface area contributed by atoms with Crippen LogP contribution in [-0.2, 0) is 0 Å². The van der Waals surface area contributed by atoms with Gasteiger partial charge in [-0.3, -0.25) is 0 Å². The zero-order chi connectivity index (χ0) is 16.0. The molecule has 0 aromatic heterocycles. The number of likely N-dealkylation sites (N-methyl/N-ethyl adjacent to an activating group) is 1. The Kier molecular flexibility index (Phi) is 4.22. The van der Waals surface area contributed by atoms with Crippen LogP contribution in [0, 0.1) is 0 Å². The molecule has 1 saturated heterocycles. The van der Waals surface area contributed by atoms with Crippen LogP contribution >= 0.6 is 35.0 Å². The van der Waals surface area contributed by atoms with Crippen LogP contribution in [0.2, 0.25) is 10.0 Å². The van der Waals surface area contributed by atoms with Crippen molar-refractivity contribution in [1.29, 1.82) is 0 Å². The van der Waals surface area contributed by atoms with Gasteiger partial charge in [-0.15, -0.1) is 0 Å². The number of rotatable bonds is 2. The van der Waals surface area contributed by atoms with E-state index >= 15 is 0 Å². The smallest absolute Gasteiger partial charge is 0.0546 e. The van der Waals surface area contributed by atoms with Crippen LogP contribution in [0.25, 0.3) is 0 Å². The Morgan fingerprint density at radius 3 is 2.91 bits per heavy atom. The first-order chi connectivity index (χ1) is 11.1. The van der Waals surface area contributed by atoms with Crippen molar-refractivity contribution >= 4 is 40.7 Å². The summed E-state index contributed by atoms with van der Waals surface area (Å²) < 4.78 is 0. The number of likely N-dealkylation sites (tertiary alicyclic amines) is 1. The Hall–Kier alpha value is -0.870. The SMILES string of the molecule is CN1CC[C@@H]2Nc3c(Sc4cc(Cl)ccc4Cl)cccc3C2C1. The number of nitrogens with one attached hydrogen (secondary N) is 1. The summed E-state index contributed by atoms with van der Waals surface area (Å²) in [7, 11) is 2.21. The molecule has 0 saturated carbocycles. The van der Waals surface area contributed by atoms with Crippen molar-refractivity contribution in [3.8, 4) is 0 Å². The van der Waals surface area contributed by atoms with Gasteiger partial charge in [0.15, 0.2) is 0 Å². The molecule has 2 aromatic rings. The highest BCUT2D eigenvalue weighted by atomic mass is 35.5. The molecule has 1 unspecified atom stereocenters. The first-order valence-corrected chi connectivity index (χ1v) is 9.40. The number of para-hydroxylation sites is 1. The van der Waals surface area contributed by atoms with Crippen molar-refractivity contribution in [2.24, 2.45) is 0 Å². The van der Waals surface area contributed by atoms with Crippen LogP contribution in [0.4, 0.5) is 5.69 Å². The number of anilines is 1. The number of halogens is 2. The molecule has 0 aliphatic carbocycles. The summed E-state index contributed by atoms with van der Waals surface area (Å²) in [5.74, 6) is 0.583. The van der Waals surface area contributed by atoms with Gasteiger partial charge in [0.2, 0.25) is 0 Å². The van der Waals surface area contributed by atoms with Gasteiger partial charge in [0.1, 0.15) is 0 Å². The summed E-state index contributed by atoms with van der Waals surface area (Å²) in [6.45, 7) is 2.28. The minimum Gasteiger partial charge on any atom is -0.380 e. The van der Waals surface area contributed by atoms with E-state index in [0.29, 0.717) is 17.0 Å². The van der Waals surface area contributed by atoms with Crippen LogP contribution in [0.3, 0.4) is 0 Å². The number of fused-ring (bicyclic) bond motifs is 3. The van der Waals surface area contributed by atoms with Gasteiger partial charge in [-0.1, -0.05) is 47.1 Å². The molecule has 2 aromatic carbocycles. The third kappa shape index (κ3) is 2.96. The second kappa shape index (κ2) is 6.21. The Labute approximate surface area is 151 Å². The third-order valence-corrected chi connectivity index (χ3v) is 6.51. The van der Waals surface area contributed by atoms with E-state index < -0.39 is 0 Å². The largest absolute Gasteiger partial charge is 0.380 e. The van der Waals surface area contributed by atoms with E-state index in [2.05, 4.69) is 35.5 Å². The van der Waals surface area contributed by atoms with Crippen LogP contribution in [-0.4, -0.2) is 31.1 Å². The van der Waals surface area contributed by atoms with Crippen molar-refractivity contribution < 1.29 is 0 Å². The molecular weight excluding hydrogens is 347 g/mol. The average molecular weight is 365 g/mol. The van der Waals surface area contributed by atoms with Crippen molar-refractivity contribution in [3.63, 3.8) is 0 Å². The molecular formula is C18H18Cl2N2S. The summed E-state index contributed by atoms with van der Waals surface area (Å²) in [5.41, 5.74) is 2.71. The van der Waals surface area contributed by atoms with E-state index in [1.807, 2.05) is 18.2 Å². The summed E-state index contributed by atoms with van der Waals surface area (Å²) in [6.07, 6.45) is 1.19. The fourth-order valence-corrected chi connectivity index (χ4v) is 5.04. The number of piperidine rings is 1. The monoisotopic (exact) mass is 364 g/mol. The molecule has 5 heteroatoms. The minimum absolute atomic E-state index is 0.554. The predicted molar refractivity (Wildman–Crippen MR) is 99.3 cm³/mol. The van der Waals surface area contributed by atoms with Crippen LogP contribution < -0.4 is 5.32 Å². The molecule has 0 bridgehead atoms. The van der Waals surface area contributed by atoms with Crippen LogP contribution in [0.15, 0.2) is 46.2 Å². The Morgan fingerprint density at radius 2 is 2.04 bits per heavy atom. The molecule has 23 heavy (non-hydrogen) atoms. The maximum absolute atomic E-state index is 6.33. The molecule has 2 heterocycles. The van der Waals surface area contributed by atoms with E-state index in [9.17, 15) is 0 Å². The highest BCUT2D eigenvalue weighted by Gasteiger charge is 2.36. The number of nitrogens with zero attached hydrogens (tertiary/aromatic N) is 1. The lowest BCUT2D eigenvalue weighted by Crippen LogP contribution is -2.39. The van der Waals surface area contributed by atoms with E-state index in [1.54, 1.807) is 11.8 Å². The fourth-order valence-electron chi connectivity index (χ4n) is 3.56. The van der Waals surface area contributed by atoms with Gasteiger partial charge in [0, 0.05) is 33.3 Å². The maximum Gasteiger partial charge on any atom is 0.0546 e. The van der Waals surface area contributed by atoms with E-state index in [1.165, 1.54) is 22.6 Å². The molecule has 1 fully saturated rings. The predicted octanol–water partition coefficient (Wildman–Crippen LogP) is 5.36. The maximum atomic E-state index is 6.33. The van der Waals surface area contributed by atoms with Crippen molar-refractivity contribution in [2.75, 3.05) is 25.5 Å². The second-order valence-corrected chi connectivity index (χ2v) is 8.23. The zero-order valence-electron chi connectivity index (χ0n) is 12.9. The van der Waals surface area contributed by atoms with E-state index in [-0.39, 0.29) is 0 Å². The minimum atomic E-state index is 0.554. The highest BCUT2D eigenvalue weighted by molar-refractivity contribution is 7.99. The highest BCUT2D eigenvalue weighted by Crippen LogP contribution is 2.47. The molecule has 2 aliphatic rings. The molecule has 2 nitrogen and oxygen atoms in total. The lowest BCUT2D eigenvalue weighted by atomic mass is 9.90. The quantitative estimate of drug-likeness (QED) is 0.772. The standard InChI is InChI=1S/C18H18Cl2N2S/c1-22-8-7-15-13(10-22)12-3-2-4-16(18(12)21-15)23-17-9-11(19)5-6-14(17)20/h2-6,9,13,15,21H,7-8,10H2,1H3/t13?,15-/m0/s1. The average Bonchev–Trinajstić information content (AvgIpc) is 2.90. The number of hydrogen-bond donors (Lipinski definition) is 1. The van der Waals surface area contributed by atoms with Crippen LogP contribution in [0.5, 0.6) is 0 Å². The molecule has 120 valence electrons. The summed E-state index contributed by atoms with van der Waals surface area (Å²) in [5, 5.41) is 5.21. The number of benzene rings is 2. The molecule has 4 rings (SSSR count). The van der Waals surface area contributed by atoms with Crippen molar-refractivity contribution in [3.05, 3.63) is 52.0 Å². The fraction of sp³-hybridized carbons (Fsp3) is 0.333. The van der Waals surface area contributed by atoms with Gasteiger partial charge < -0.3 is 10.2 Å². The summed E-state index contributed by atoms with van der Waals surface area (Å²) in [4.78, 5) is 4.65. The van der Waals surface area contributed by atoms with E-state index in [0.717, 1.165) is 23.0 Å². The van der Waals surface area contributed by atoms with E-state index in [4.69, 9.17) is 23.2 Å². The van der Waals surface area contributed by atoms with Gasteiger partial charge in [0.05, 0.1) is 10.7 Å². The third-order valence-electron chi connectivity index (χ3n) is 4.72. The topological polar surface area (TPSA) is 15.3 Å². The van der Waals surface area contributed by atoms with Gasteiger partial charge in [0.25, 0.3) is 0 Å². The van der Waals surface area contributed by atoms with Crippen molar-refractivity contribution in [2.45, 2.75) is 28.2 Å². The molecule has 0 spiro atoms. The number of hydrogen-bond acceptors (Lipinski definition) is 3. The normalized spacial score (nSPS) is 23.3. The van der Waals surface area contributed by atoms with Crippen molar-refractivity contribution in [1.82, 2.24) is 4.90 Å². The Bertz CT molecular complexity index is 750. The van der Waals surface area contributed by atoms with Gasteiger partial charge in [-0.2, -0.15) is 0 Å². The zero-order valence-corrected chi connectivity index (χ0v) is 15.2. The molecule has 0 radical (unpaired) electrons. The van der Waals surface area contributed by atoms with Gasteiger partial charge in [-0.05, 0) is 49.8 Å². The first kappa shape index (κ1) is 15.6. The molecule has 2 aliphatic heterocycles. The molecule has 0 amide bonds. The van der Waals surface area contributed by atoms with Gasteiger partial charge >= 0.3 is 0 Å². The molecule has 2 atom stereocenters. The lowest BCUT2D eigenvalue weighted by molar-refractivity contribution is 0.243. The second-order valence-electron chi connectivity index (χ2n) is 6.31. The Balaban J connectivity index is 1.68. The first-order valence-electron chi connectivity index (χ1n) is 7.83. The lowest BCUT2D eigenvalue weighted by Gasteiger charge is -2.32. The Morgan fingerprint density at radius 1 is 1.17 bits per heavy atom. The molecule has 1 N–H and O–H groups in total. The van der Waals surface area contributed by atoms with Crippen LogP contribution in [0.1, 0.15) is 17.9 Å². The van der Waals surface area contributed by atoms with Gasteiger partial charge in [-0.25, -0.2) is 0 Å². The summed E-state index contributed by atoms with van der Waals surface area (Å²) >= 11 is 14.1. The summed E-state index contributed by atoms with van der Waals surface area (Å²) in [6, 6.07) is 12.7.